The Bertz CT molecular complexity index is 693. The standard InChI is InChI=1S/C17H20N4O2/c1-17(2,3)21-16(23)14-9-13(6-8-19-14)15(22)20-11-12-5-4-7-18-10-12/h4-10H,11H2,1-3H3,(H,20,22)(H,21,23). The van der Waals surface area contributed by atoms with Gasteiger partial charge >= 0.3 is 0 Å². The van der Waals surface area contributed by atoms with E-state index in [1.807, 2.05) is 32.9 Å². The molecule has 23 heavy (non-hydrogen) atoms. The average molecular weight is 312 g/mol. The molecule has 2 rings (SSSR count). The lowest BCUT2D eigenvalue weighted by Crippen LogP contribution is -2.41. The van der Waals surface area contributed by atoms with Gasteiger partial charge in [0, 0.05) is 36.2 Å². The average Bonchev–Trinajstić information content (AvgIpc) is 2.52. The molecule has 6 nitrogen and oxygen atoms in total. The van der Waals surface area contributed by atoms with Crippen molar-refractivity contribution in [3.63, 3.8) is 0 Å². The van der Waals surface area contributed by atoms with Crippen molar-refractivity contribution in [1.29, 1.82) is 0 Å². The van der Waals surface area contributed by atoms with Gasteiger partial charge in [-0.1, -0.05) is 6.07 Å². The van der Waals surface area contributed by atoms with Gasteiger partial charge in [0.05, 0.1) is 0 Å². The van der Waals surface area contributed by atoms with E-state index >= 15 is 0 Å². The van der Waals surface area contributed by atoms with Gasteiger partial charge < -0.3 is 10.6 Å². The van der Waals surface area contributed by atoms with Crippen molar-refractivity contribution < 1.29 is 9.59 Å². The van der Waals surface area contributed by atoms with E-state index in [-0.39, 0.29) is 23.0 Å². The molecule has 0 saturated heterocycles. The van der Waals surface area contributed by atoms with E-state index in [4.69, 9.17) is 0 Å². The minimum atomic E-state index is -0.364. The molecular formula is C17H20N4O2. The number of hydrogen-bond acceptors (Lipinski definition) is 4. The number of amides is 2. The Labute approximate surface area is 135 Å². The first-order chi connectivity index (χ1) is 10.8. The van der Waals surface area contributed by atoms with Crippen LogP contribution in [0.25, 0.3) is 0 Å². The number of hydrogen-bond donors (Lipinski definition) is 2. The lowest BCUT2D eigenvalue weighted by atomic mass is 10.1. The predicted molar refractivity (Wildman–Crippen MR) is 86.9 cm³/mol. The highest BCUT2D eigenvalue weighted by Crippen LogP contribution is 2.06. The molecule has 120 valence electrons. The van der Waals surface area contributed by atoms with Crippen molar-refractivity contribution in [2.24, 2.45) is 0 Å². The smallest absolute Gasteiger partial charge is 0.270 e. The van der Waals surface area contributed by atoms with Crippen LogP contribution in [0.15, 0.2) is 42.9 Å². The molecule has 6 heteroatoms. The maximum absolute atomic E-state index is 12.2. The fourth-order valence-electron chi connectivity index (χ4n) is 1.89. The van der Waals surface area contributed by atoms with Crippen molar-refractivity contribution in [2.75, 3.05) is 0 Å². The summed E-state index contributed by atoms with van der Waals surface area (Å²) >= 11 is 0. The molecule has 2 heterocycles. The molecule has 0 radical (unpaired) electrons. The molecule has 2 N–H and O–H groups in total. The van der Waals surface area contributed by atoms with E-state index < -0.39 is 0 Å². The number of carbonyl (C=O) groups is 2. The third kappa shape index (κ3) is 5.18. The van der Waals surface area contributed by atoms with Gasteiger partial charge in [0.25, 0.3) is 11.8 Å². The van der Waals surface area contributed by atoms with Crippen LogP contribution in [-0.4, -0.2) is 27.3 Å². The minimum Gasteiger partial charge on any atom is -0.348 e. The SMILES string of the molecule is CC(C)(C)NC(=O)c1cc(C(=O)NCc2cccnc2)ccn1. The number of pyridine rings is 2. The lowest BCUT2D eigenvalue weighted by Gasteiger charge is -2.20. The second-order valence-electron chi connectivity index (χ2n) is 6.18. The summed E-state index contributed by atoms with van der Waals surface area (Å²) in [6.07, 6.45) is 4.82. The van der Waals surface area contributed by atoms with Gasteiger partial charge in [-0.05, 0) is 44.5 Å². The van der Waals surface area contributed by atoms with E-state index in [0.29, 0.717) is 12.1 Å². The summed E-state index contributed by atoms with van der Waals surface area (Å²) in [5.74, 6) is -0.569. The summed E-state index contributed by atoms with van der Waals surface area (Å²) in [5, 5.41) is 5.61. The lowest BCUT2D eigenvalue weighted by molar-refractivity contribution is 0.0914. The molecule has 0 saturated carbocycles. The van der Waals surface area contributed by atoms with E-state index in [0.717, 1.165) is 5.56 Å². The van der Waals surface area contributed by atoms with Gasteiger partial charge in [-0.25, -0.2) is 0 Å². The quantitative estimate of drug-likeness (QED) is 0.903. The summed E-state index contributed by atoms with van der Waals surface area (Å²) in [7, 11) is 0. The summed E-state index contributed by atoms with van der Waals surface area (Å²) in [6, 6.07) is 6.75. The zero-order chi connectivity index (χ0) is 16.9. The van der Waals surface area contributed by atoms with E-state index in [1.54, 1.807) is 18.5 Å². The highest BCUT2D eigenvalue weighted by molar-refractivity contribution is 5.98. The maximum atomic E-state index is 12.2. The zero-order valence-corrected chi connectivity index (χ0v) is 13.5. The highest BCUT2D eigenvalue weighted by Gasteiger charge is 2.17. The van der Waals surface area contributed by atoms with E-state index in [9.17, 15) is 9.59 Å². The van der Waals surface area contributed by atoms with Crippen LogP contribution in [0.3, 0.4) is 0 Å². The molecule has 2 aromatic rings. The first-order valence-electron chi connectivity index (χ1n) is 7.31. The molecule has 0 bridgehead atoms. The molecular weight excluding hydrogens is 292 g/mol. The first-order valence-corrected chi connectivity index (χ1v) is 7.31. The van der Waals surface area contributed by atoms with E-state index in [2.05, 4.69) is 20.6 Å². The number of rotatable bonds is 4. The monoisotopic (exact) mass is 312 g/mol. The van der Waals surface area contributed by atoms with Gasteiger partial charge in [0.2, 0.25) is 0 Å². The van der Waals surface area contributed by atoms with E-state index in [1.165, 1.54) is 12.3 Å². The third-order valence-corrected chi connectivity index (χ3v) is 2.92. The summed E-state index contributed by atoms with van der Waals surface area (Å²) < 4.78 is 0. The van der Waals surface area contributed by atoms with Gasteiger partial charge in [-0.3, -0.25) is 19.6 Å². The Hall–Kier alpha value is -2.76. The Balaban J connectivity index is 2.04. The summed E-state index contributed by atoms with van der Waals surface area (Å²) in [5.41, 5.74) is 1.15. The Morgan fingerprint density at radius 3 is 2.57 bits per heavy atom. The first kappa shape index (κ1) is 16.6. The highest BCUT2D eigenvalue weighted by atomic mass is 16.2. The summed E-state index contributed by atoms with van der Waals surface area (Å²) in [6.45, 7) is 6.03. The Morgan fingerprint density at radius 2 is 1.91 bits per heavy atom. The molecule has 0 unspecified atom stereocenters. The molecule has 0 spiro atoms. The van der Waals surface area contributed by atoms with Crippen LogP contribution in [-0.2, 0) is 6.54 Å². The van der Waals surface area contributed by atoms with Crippen LogP contribution in [0, 0.1) is 0 Å². The van der Waals surface area contributed by atoms with Gasteiger partial charge in [-0.2, -0.15) is 0 Å². The third-order valence-electron chi connectivity index (χ3n) is 2.92. The molecule has 0 atom stereocenters. The molecule has 0 aliphatic rings. The van der Waals surface area contributed by atoms with Gasteiger partial charge in [-0.15, -0.1) is 0 Å². The number of carbonyl (C=O) groups excluding carboxylic acids is 2. The predicted octanol–water partition coefficient (Wildman–Crippen LogP) is 1.93. The van der Waals surface area contributed by atoms with Crippen LogP contribution in [0.2, 0.25) is 0 Å². The fourth-order valence-corrected chi connectivity index (χ4v) is 1.89. The van der Waals surface area contributed by atoms with Crippen LogP contribution in [0.5, 0.6) is 0 Å². The summed E-state index contributed by atoms with van der Waals surface area (Å²) in [4.78, 5) is 32.3. The number of nitrogens with zero attached hydrogens (tertiary/aromatic N) is 2. The molecule has 0 aliphatic carbocycles. The topological polar surface area (TPSA) is 84.0 Å². The Kier molecular flexibility index (Phi) is 5.05. The number of aromatic nitrogens is 2. The molecule has 0 aromatic carbocycles. The van der Waals surface area contributed by atoms with Crippen LogP contribution in [0.1, 0.15) is 47.2 Å². The van der Waals surface area contributed by atoms with Crippen LogP contribution >= 0.6 is 0 Å². The molecule has 0 fully saturated rings. The van der Waals surface area contributed by atoms with Crippen molar-refractivity contribution in [3.05, 3.63) is 59.7 Å². The second kappa shape index (κ2) is 7.00. The maximum Gasteiger partial charge on any atom is 0.270 e. The fraction of sp³-hybridized carbons (Fsp3) is 0.294. The van der Waals surface area contributed by atoms with Crippen molar-refractivity contribution in [1.82, 2.24) is 20.6 Å². The Morgan fingerprint density at radius 1 is 1.13 bits per heavy atom. The minimum absolute atomic E-state index is 0.217. The molecule has 2 amide bonds. The normalized spacial score (nSPS) is 10.9. The number of nitrogens with one attached hydrogen (secondary N) is 2. The largest absolute Gasteiger partial charge is 0.348 e. The van der Waals surface area contributed by atoms with Crippen LogP contribution < -0.4 is 10.6 Å². The second-order valence-corrected chi connectivity index (χ2v) is 6.18. The van der Waals surface area contributed by atoms with Crippen molar-refractivity contribution in [3.8, 4) is 0 Å². The van der Waals surface area contributed by atoms with Crippen molar-refractivity contribution >= 4 is 11.8 Å². The van der Waals surface area contributed by atoms with Crippen LogP contribution in [0.4, 0.5) is 0 Å². The van der Waals surface area contributed by atoms with Crippen molar-refractivity contribution in [2.45, 2.75) is 32.9 Å². The molecule has 2 aromatic heterocycles. The zero-order valence-electron chi connectivity index (χ0n) is 13.5. The van der Waals surface area contributed by atoms with Gasteiger partial charge in [0.1, 0.15) is 5.69 Å². The van der Waals surface area contributed by atoms with Gasteiger partial charge in [0.15, 0.2) is 0 Å². The molecule has 0 aliphatic heterocycles.